The van der Waals surface area contributed by atoms with E-state index >= 15 is 0 Å². The summed E-state index contributed by atoms with van der Waals surface area (Å²) < 4.78 is 14.2. The molecule has 2 aromatic heterocycles. The Labute approximate surface area is 164 Å². The zero-order valence-electron chi connectivity index (χ0n) is 15.4. The van der Waals surface area contributed by atoms with Gasteiger partial charge in [0.1, 0.15) is 13.2 Å². The molecule has 0 N–H and O–H groups in total. The lowest BCUT2D eigenvalue weighted by Crippen LogP contribution is -2.15. The Hall–Kier alpha value is -3.19. The summed E-state index contributed by atoms with van der Waals surface area (Å²) in [4.78, 5) is 22.2. The Balaban J connectivity index is 1.58. The first-order chi connectivity index (χ1) is 13.6. The van der Waals surface area contributed by atoms with Crippen LogP contribution in [-0.4, -0.2) is 28.7 Å². The maximum atomic E-state index is 12.8. The molecule has 0 spiro atoms. The molecule has 3 heterocycles. The Kier molecular flexibility index (Phi) is 3.91. The van der Waals surface area contributed by atoms with Crippen molar-refractivity contribution in [2.24, 2.45) is 12.0 Å². The Morgan fingerprint density at radius 1 is 1.11 bits per heavy atom. The lowest BCUT2D eigenvalue weighted by Gasteiger charge is -2.18. The summed E-state index contributed by atoms with van der Waals surface area (Å²) in [5.41, 5.74) is 3.32. The minimum absolute atomic E-state index is 0.276. The number of amides is 1. The highest BCUT2D eigenvalue weighted by Gasteiger charge is 2.16. The molecule has 0 atom stereocenters. The summed E-state index contributed by atoms with van der Waals surface area (Å²) in [7, 11) is 1.90. The fourth-order valence-corrected chi connectivity index (χ4v) is 4.31. The molecule has 140 valence electrons. The van der Waals surface area contributed by atoms with Gasteiger partial charge >= 0.3 is 0 Å². The van der Waals surface area contributed by atoms with Crippen molar-refractivity contribution in [3.8, 4) is 11.5 Å². The van der Waals surface area contributed by atoms with E-state index in [2.05, 4.69) is 9.98 Å². The van der Waals surface area contributed by atoms with Crippen molar-refractivity contribution in [1.82, 2.24) is 9.55 Å². The van der Waals surface area contributed by atoms with Crippen LogP contribution in [0.3, 0.4) is 0 Å². The van der Waals surface area contributed by atoms with Gasteiger partial charge in [0.15, 0.2) is 16.3 Å². The van der Waals surface area contributed by atoms with Crippen LogP contribution in [0.25, 0.3) is 21.1 Å². The van der Waals surface area contributed by atoms with Gasteiger partial charge in [-0.1, -0.05) is 17.4 Å². The van der Waals surface area contributed by atoms with Crippen LogP contribution in [0.4, 0.5) is 0 Å². The van der Waals surface area contributed by atoms with Crippen LogP contribution in [0.2, 0.25) is 0 Å². The van der Waals surface area contributed by atoms with Gasteiger partial charge in [0, 0.05) is 35.8 Å². The van der Waals surface area contributed by atoms with E-state index in [4.69, 9.17) is 9.47 Å². The average Bonchev–Trinajstić information content (AvgIpc) is 3.00. The van der Waals surface area contributed by atoms with Crippen LogP contribution in [0.1, 0.15) is 16.1 Å². The maximum Gasteiger partial charge on any atom is 0.279 e. The van der Waals surface area contributed by atoms with Gasteiger partial charge in [-0.3, -0.25) is 9.78 Å². The second-order valence-electron chi connectivity index (χ2n) is 6.68. The molecule has 6 nitrogen and oxygen atoms in total. The lowest BCUT2D eigenvalue weighted by atomic mass is 10.1. The van der Waals surface area contributed by atoms with Crippen molar-refractivity contribution in [3.05, 3.63) is 58.5 Å². The third-order valence-electron chi connectivity index (χ3n) is 4.75. The number of aromatic nitrogens is 2. The SMILES string of the molecule is Cc1ccc2cc(C(=O)N=c3sc4cc5c(cc4n3C)OCCO5)ccc2n1. The number of hydrogen-bond donors (Lipinski definition) is 0. The van der Waals surface area contributed by atoms with Gasteiger partial charge in [-0.2, -0.15) is 4.99 Å². The van der Waals surface area contributed by atoms with Gasteiger partial charge in [0.25, 0.3) is 5.91 Å². The van der Waals surface area contributed by atoms with Crippen molar-refractivity contribution in [2.45, 2.75) is 6.92 Å². The van der Waals surface area contributed by atoms with E-state index in [1.807, 2.05) is 54.9 Å². The van der Waals surface area contributed by atoms with E-state index in [1.54, 1.807) is 6.07 Å². The summed E-state index contributed by atoms with van der Waals surface area (Å²) in [6, 6.07) is 13.3. The molecule has 1 amide bonds. The second kappa shape index (κ2) is 6.45. The quantitative estimate of drug-likeness (QED) is 0.497. The highest BCUT2D eigenvalue weighted by atomic mass is 32.1. The molecule has 0 saturated heterocycles. The summed E-state index contributed by atoms with van der Waals surface area (Å²) in [5, 5.41) is 0.925. The van der Waals surface area contributed by atoms with E-state index in [1.165, 1.54) is 11.3 Å². The van der Waals surface area contributed by atoms with Gasteiger partial charge in [-0.25, -0.2) is 0 Å². The first-order valence-electron chi connectivity index (χ1n) is 8.94. The maximum absolute atomic E-state index is 12.8. The molecular weight excluding hydrogens is 374 g/mol. The molecule has 1 aliphatic heterocycles. The summed E-state index contributed by atoms with van der Waals surface area (Å²) in [6.07, 6.45) is 0. The first kappa shape index (κ1) is 16.9. The Morgan fingerprint density at radius 2 is 1.89 bits per heavy atom. The van der Waals surface area contributed by atoms with Gasteiger partial charge in [0.2, 0.25) is 0 Å². The van der Waals surface area contributed by atoms with Crippen LogP contribution in [-0.2, 0) is 7.05 Å². The minimum Gasteiger partial charge on any atom is -0.486 e. The molecule has 7 heteroatoms. The molecule has 0 bridgehead atoms. The highest BCUT2D eigenvalue weighted by molar-refractivity contribution is 7.16. The number of carbonyl (C=O) groups is 1. The smallest absolute Gasteiger partial charge is 0.279 e. The molecule has 0 aliphatic carbocycles. The van der Waals surface area contributed by atoms with E-state index < -0.39 is 0 Å². The standard InChI is InChI=1S/C21H17N3O3S/c1-12-3-4-13-9-14(5-6-15(13)22-12)20(25)23-21-24(2)16-10-17-18(11-19(16)28-21)27-8-7-26-17/h3-6,9-11H,7-8H2,1-2H3. The van der Waals surface area contributed by atoms with Crippen molar-refractivity contribution < 1.29 is 14.3 Å². The lowest BCUT2D eigenvalue weighted by molar-refractivity contribution is 0.0998. The van der Waals surface area contributed by atoms with Gasteiger partial charge in [-0.15, -0.1) is 0 Å². The molecule has 0 unspecified atom stereocenters. The number of aryl methyl sites for hydroxylation is 2. The fourth-order valence-electron chi connectivity index (χ4n) is 3.28. The van der Waals surface area contributed by atoms with Crippen LogP contribution >= 0.6 is 11.3 Å². The molecule has 2 aromatic carbocycles. The average molecular weight is 391 g/mol. The zero-order valence-corrected chi connectivity index (χ0v) is 16.2. The molecule has 0 saturated carbocycles. The van der Waals surface area contributed by atoms with Crippen molar-refractivity contribution >= 4 is 38.4 Å². The minimum atomic E-state index is -0.276. The fraction of sp³-hybridized carbons (Fsp3) is 0.190. The number of rotatable bonds is 1. The van der Waals surface area contributed by atoms with Gasteiger partial charge < -0.3 is 14.0 Å². The normalized spacial score (nSPS) is 14.0. The van der Waals surface area contributed by atoms with Gasteiger partial charge in [-0.05, 0) is 31.2 Å². The molecule has 5 rings (SSSR count). The molecule has 0 fully saturated rings. The number of thiazole rings is 1. The number of pyridine rings is 1. The predicted octanol–water partition coefficient (Wildman–Crippen LogP) is 3.61. The van der Waals surface area contributed by atoms with Crippen molar-refractivity contribution in [2.75, 3.05) is 13.2 Å². The first-order valence-corrected chi connectivity index (χ1v) is 9.76. The molecule has 28 heavy (non-hydrogen) atoms. The van der Waals surface area contributed by atoms with E-state index in [-0.39, 0.29) is 5.91 Å². The van der Waals surface area contributed by atoms with Crippen molar-refractivity contribution in [3.63, 3.8) is 0 Å². The molecule has 1 aliphatic rings. The third-order valence-corrected chi connectivity index (χ3v) is 5.84. The van der Waals surface area contributed by atoms with E-state index in [0.717, 1.165) is 38.3 Å². The number of benzene rings is 2. The zero-order chi connectivity index (χ0) is 19.3. The monoisotopic (exact) mass is 391 g/mol. The van der Waals surface area contributed by atoms with Crippen LogP contribution in [0.15, 0.2) is 47.5 Å². The highest BCUT2D eigenvalue weighted by Crippen LogP contribution is 2.35. The topological polar surface area (TPSA) is 65.7 Å². The number of hydrogen-bond acceptors (Lipinski definition) is 5. The molecular formula is C21H17N3O3S. The number of ether oxygens (including phenoxy) is 2. The van der Waals surface area contributed by atoms with E-state index in [0.29, 0.717) is 23.6 Å². The van der Waals surface area contributed by atoms with Crippen LogP contribution in [0, 0.1) is 6.92 Å². The summed E-state index contributed by atoms with van der Waals surface area (Å²) >= 11 is 1.45. The second-order valence-corrected chi connectivity index (χ2v) is 7.69. The third kappa shape index (κ3) is 2.84. The molecule has 0 radical (unpaired) electrons. The van der Waals surface area contributed by atoms with Crippen LogP contribution < -0.4 is 14.3 Å². The predicted molar refractivity (Wildman–Crippen MR) is 108 cm³/mol. The summed E-state index contributed by atoms with van der Waals surface area (Å²) in [6.45, 7) is 3.03. The van der Waals surface area contributed by atoms with Crippen LogP contribution in [0.5, 0.6) is 11.5 Å². The van der Waals surface area contributed by atoms with Gasteiger partial charge in [0.05, 0.1) is 15.7 Å². The van der Waals surface area contributed by atoms with Crippen molar-refractivity contribution in [1.29, 1.82) is 0 Å². The summed E-state index contributed by atoms with van der Waals surface area (Å²) in [5.74, 6) is 1.18. The molecule has 4 aromatic rings. The largest absolute Gasteiger partial charge is 0.486 e. The Bertz CT molecular complexity index is 1320. The number of nitrogens with zero attached hydrogens (tertiary/aromatic N) is 3. The number of carbonyl (C=O) groups excluding carboxylic acids is 1. The number of fused-ring (bicyclic) bond motifs is 3. The van der Waals surface area contributed by atoms with E-state index in [9.17, 15) is 4.79 Å². The Morgan fingerprint density at radius 3 is 2.71 bits per heavy atom.